The molecule has 1 aliphatic carbocycles. The number of benzene rings is 1. The van der Waals surface area contributed by atoms with Crippen molar-refractivity contribution in [3.8, 4) is 5.75 Å². The zero-order valence-corrected chi connectivity index (χ0v) is 12.6. The van der Waals surface area contributed by atoms with Crippen molar-refractivity contribution in [3.63, 3.8) is 0 Å². The summed E-state index contributed by atoms with van der Waals surface area (Å²) in [4.78, 5) is 0. The third-order valence-corrected chi connectivity index (χ3v) is 3.88. The average molecular weight is 279 g/mol. The molecule has 0 bridgehead atoms. The Morgan fingerprint density at radius 2 is 1.95 bits per heavy atom. The summed E-state index contributed by atoms with van der Waals surface area (Å²) in [7, 11) is 3.45. The lowest BCUT2D eigenvalue weighted by molar-refractivity contribution is -0.131. The van der Waals surface area contributed by atoms with Crippen LogP contribution in [0, 0.1) is 0 Å². The van der Waals surface area contributed by atoms with E-state index in [1.807, 2.05) is 19.1 Å². The van der Waals surface area contributed by atoms with E-state index in [1.165, 1.54) is 5.56 Å². The van der Waals surface area contributed by atoms with E-state index in [4.69, 9.17) is 14.2 Å². The van der Waals surface area contributed by atoms with Crippen molar-refractivity contribution in [2.45, 2.75) is 38.0 Å². The Hall–Kier alpha value is -1.10. The normalized spacial score (nSPS) is 25.2. The summed E-state index contributed by atoms with van der Waals surface area (Å²) in [5.74, 6) is 0.903. The van der Waals surface area contributed by atoms with Crippen molar-refractivity contribution in [2.75, 3.05) is 27.4 Å². The van der Waals surface area contributed by atoms with Crippen molar-refractivity contribution < 1.29 is 14.2 Å². The molecule has 0 heterocycles. The Kier molecular flexibility index (Phi) is 5.83. The van der Waals surface area contributed by atoms with Crippen LogP contribution in [-0.4, -0.2) is 45.6 Å². The molecular weight excluding hydrogens is 254 g/mol. The highest BCUT2D eigenvalue weighted by molar-refractivity contribution is 5.27. The zero-order chi connectivity index (χ0) is 14.4. The number of hydrogen-bond donors (Lipinski definition) is 1. The Labute approximate surface area is 121 Å². The molecule has 1 fully saturated rings. The molecule has 0 radical (unpaired) electrons. The van der Waals surface area contributed by atoms with Crippen molar-refractivity contribution in [2.24, 2.45) is 0 Å². The minimum absolute atomic E-state index is 0.186. The molecule has 0 aromatic heterocycles. The van der Waals surface area contributed by atoms with Gasteiger partial charge in [0.2, 0.25) is 0 Å². The third-order valence-electron chi connectivity index (χ3n) is 3.88. The van der Waals surface area contributed by atoms with E-state index in [0.29, 0.717) is 6.04 Å². The maximum absolute atomic E-state index is 5.62. The predicted octanol–water partition coefficient (Wildman–Crippen LogP) is 2.02. The number of rotatable bonds is 8. The summed E-state index contributed by atoms with van der Waals surface area (Å²) >= 11 is 0. The maximum atomic E-state index is 5.62. The van der Waals surface area contributed by atoms with Gasteiger partial charge in [0.25, 0.3) is 0 Å². The Bertz CT molecular complexity index is 393. The van der Waals surface area contributed by atoms with Gasteiger partial charge in [0.15, 0.2) is 0 Å². The van der Waals surface area contributed by atoms with E-state index in [-0.39, 0.29) is 12.2 Å². The van der Waals surface area contributed by atoms with Gasteiger partial charge in [-0.15, -0.1) is 0 Å². The third kappa shape index (κ3) is 3.72. The van der Waals surface area contributed by atoms with E-state index in [1.54, 1.807) is 14.2 Å². The van der Waals surface area contributed by atoms with Gasteiger partial charge in [-0.3, -0.25) is 0 Å². The van der Waals surface area contributed by atoms with Crippen LogP contribution in [0.5, 0.6) is 5.75 Å². The van der Waals surface area contributed by atoms with Crippen LogP contribution in [0.4, 0.5) is 0 Å². The van der Waals surface area contributed by atoms with E-state index < -0.39 is 0 Å². The van der Waals surface area contributed by atoms with Crippen LogP contribution in [0.3, 0.4) is 0 Å². The first-order valence-corrected chi connectivity index (χ1v) is 7.29. The first kappa shape index (κ1) is 15.3. The average Bonchev–Trinajstić information content (AvgIpc) is 2.46. The van der Waals surface area contributed by atoms with E-state index in [0.717, 1.165) is 31.7 Å². The second-order valence-electron chi connectivity index (χ2n) is 5.09. The first-order chi connectivity index (χ1) is 9.78. The predicted molar refractivity (Wildman–Crippen MR) is 79.3 cm³/mol. The molecule has 0 amide bonds. The maximum Gasteiger partial charge on any atom is 0.118 e. The lowest BCUT2D eigenvalue weighted by atomic mass is 9.85. The Morgan fingerprint density at radius 3 is 2.55 bits per heavy atom. The summed E-state index contributed by atoms with van der Waals surface area (Å²) in [5, 5.41) is 3.55. The van der Waals surface area contributed by atoms with Crippen molar-refractivity contribution in [3.05, 3.63) is 29.8 Å². The fourth-order valence-corrected chi connectivity index (χ4v) is 2.67. The quantitative estimate of drug-likeness (QED) is 0.790. The van der Waals surface area contributed by atoms with Gasteiger partial charge in [0.1, 0.15) is 5.75 Å². The monoisotopic (exact) mass is 279 g/mol. The summed E-state index contributed by atoms with van der Waals surface area (Å²) < 4.78 is 16.3. The molecule has 4 heteroatoms. The molecule has 1 aromatic carbocycles. The molecule has 3 unspecified atom stereocenters. The van der Waals surface area contributed by atoms with Gasteiger partial charge >= 0.3 is 0 Å². The molecule has 4 nitrogen and oxygen atoms in total. The Balaban J connectivity index is 1.70. The topological polar surface area (TPSA) is 39.7 Å². The summed E-state index contributed by atoms with van der Waals surface area (Å²) in [6.07, 6.45) is 2.49. The smallest absolute Gasteiger partial charge is 0.118 e. The molecule has 2 rings (SSSR count). The first-order valence-electron chi connectivity index (χ1n) is 7.29. The van der Waals surface area contributed by atoms with Gasteiger partial charge in [0, 0.05) is 19.8 Å². The molecule has 1 N–H and O–H groups in total. The van der Waals surface area contributed by atoms with Crippen molar-refractivity contribution in [1.82, 2.24) is 5.32 Å². The molecule has 20 heavy (non-hydrogen) atoms. The van der Waals surface area contributed by atoms with Crippen LogP contribution in [0.2, 0.25) is 0 Å². The van der Waals surface area contributed by atoms with Crippen LogP contribution in [0.25, 0.3) is 0 Å². The highest BCUT2D eigenvalue weighted by Crippen LogP contribution is 2.26. The molecular formula is C16H25NO3. The van der Waals surface area contributed by atoms with Gasteiger partial charge in [-0.2, -0.15) is 0 Å². The van der Waals surface area contributed by atoms with Crippen LogP contribution in [0.1, 0.15) is 18.9 Å². The number of nitrogens with one attached hydrogen (secondary N) is 1. The molecule has 1 aromatic rings. The molecule has 3 atom stereocenters. The molecule has 0 spiro atoms. The highest BCUT2D eigenvalue weighted by Gasteiger charge is 2.41. The minimum atomic E-state index is 0.186. The molecule has 0 aliphatic heterocycles. The molecule has 0 saturated heterocycles. The SMILES string of the molecule is CCOC1CC(NCCc2ccc(OC)cc2)C1OC. The van der Waals surface area contributed by atoms with Crippen LogP contribution in [0.15, 0.2) is 24.3 Å². The number of ether oxygens (including phenoxy) is 3. The summed E-state index contributed by atoms with van der Waals surface area (Å²) in [5.41, 5.74) is 1.31. The molecule has 1 saturated carbocycles. The lowest BCUT2D eigenvalue weighted by Gasteiger charge is -2.43. The van der Waals surface area contributed by atoms with Gasteiger partial charge in [-0.1, -0.05) is 12.1 Å². The van der Waals surface area contributed by atoms with Crippen LogP contribution >= 0.6 is 0 Å². The van der Waals surface area contributed by atoms with Crippen molar-refractivity contribution >= 4 is 0 Å². The molecule has 1 aliphatic rings. The van der Waals surface area contributed by atoms with Crippen molar-refractivity contribution in [1.29, 1.82) is 0 Å². The largest absolute Gasteiger partial charge is 0.497 e. The van der Waals surface area contributed by atoms with Gasteiger partial charge < -0.3 is 19.5 Å². The highest BCUT2D eigenvalue weighted by atomic mass is 16.5. The van der Waals surface area contributed by atoms with E-state index >= 15 is 0 Å². The summed E-state index contributed by atoms with van der Waals surface area (Å²) in [6.45, 7) is 3.73. The molecule has 112 valence electrons. The second kappa shape index (κ2) is 7.62. The van der Waals surface area contributed by atoms with Crippen LogP contribution in [-0.2, 0) is 15.9 Å². The zero-order valence-electron chi connectivity index (χ0n) is 12.6. The standard InChI is InChI=1S/C16H25NO3/c1-4-20-15-11-14(16(15)19-3)17-10-9-12-5-7-13(18-2)8-6-12/h5-8,14-17H,4,9-11H2,1-3H3. The number of methoxy groups -OCH3 is 2. The van der Waals surface area contributed by atoms with Crippen LogP contribution < -0.4 is 10.1 Å². The minimum Gasteiger partial charge on any atom is -0.497 e. The Morgan fingerprint density at radius 1 is 1.20 bits per heavy atom. The fourth-order valence-electron chi connectivity index (χ4n) is 2.67. The van der Waals surface area contributed by atoms with Gasteiger partial charge in [-0.05, 0) is 44.0 Å². The van der Waals surface area contributed by atoms with Gasteiger partial charge in [-0.25, -0.2) is 0 Å². The van der Waals surface area contributed by atoms with Gasteiger partial charge in [0.05, 0.1) is 19.3 Å². The fraction of sp³-hybridized carbons (Fsp3) is 0.625. The van der Waals surface area contributed by atoms with E-state index in [9.17, 15) is 0 Å². The number of hydrogen-bond acceptors (Lipinski definition) is 4. The lowest BCUT2D eigenvalue weighted by Crippen LogP contribution is -2.60. The van der Waals surface area contributed by atoms with E-state index in [2.05, 4.69) is 17.4 Å². The second-order valence-corrected chi connectivity index (χ2v) is 5.09. The summed E-state index contributed by atoms with van der Waals surface area (Å²) in [6, 6.07) is 8.63.